The summed E-state index contributed by atoms with van der Waals surface area (Å²) in [4.78, 5) is 27.6. The predicted molar refractivity (Wildman–Crippen MR) is 105 cm³/mol. The molecule has 4 rings (SSSR count). The quantitative estimate of drug-likeness (QED) is 0.581. The van der Waals surface area contributed by atoms with Crippen molar-refractivity contribution in [3.63, 3.8) is 0 Å². The molecule has 0 aliphatic rings. The SMILES string of the molecule is CC(C)n1ccc2c(NC(=O)c3cc(=O)[nH]c4ccccc34)cccc21. The number of aromatic amines is 1. The summed E-state index contributed by atoms with van der Waals surface area (Å²) in [5.74, 6) is -0.294. The Morgan fingerprint density at radius 2 is 1.85 bits per heavy atom. The highest BCUT2D eigenvalue weighted by atomic mass is 16.2. The molecular weight excluding hydrogens is 326 g/mol. The molecule has 5 heteroatoms. The Balaban J connectivity index is 1.78. The Bertz CT molecular complexity index is 1180. The normalized spacial score (nSPS) is 11.3. The monoisotopic (exact) mass is 345 g/mol. The number of nitrogens with one attached hydrogen (secondary N) is 2. The van der Waals surface area contributed by atoms with Gasteiger partial charge < -0.3 is 14.9 Å². The first-order valence-electron chi connectivity index (χ1n) is 8.57. The van der Waals surface area contributed by atoms with Gasteiger partial charge in [0.1, 0.15) is 0 Å². The van der Waals surface area contributed by atoms with Crippen molar-refractivity contribution in [1.82, 2.24) is 9.55 Å². The highest BCUT2D eigenvalue weighted by Gasteiger charge is 2.14. The molecule has 2 heterocycles. The molecule has 2 aromatic carbocycles. The van der Waals surface area contributed by atoms with Crippen LogP contribution in [0.1, 0.15) is 30.2 Å². The number of rotatable bonds is 3. The maximum atomic E-state index is 12.9. The molecule has 0 saturated heterocycles. The average molecular weight is 345 g/mol. The number of para-hydroxylation sites is 1. The van der Waals surface area contributed by atoms with Crippen LogP contribution < -0.4 is 10.9 Å². The van der Waals surface area contributed by atoms with Gasteiger partial charge in [0.15, 0.2) is 0 Å². The van der Waals surface area contributed by atoms with Crippen LogP contribution in [0.3, 0.4) is 0 Å². The summed E-state index contributed by atoms with van der Waals surface area (Å²) in [5.41, 5.74) is 2.52. The van der Waals surface area contributed by atoms with Crippen molar-refractivity contribution in [1.29, 1.82) is 0 Å². The van der Waals surface area contributed by atoms with Gasteiger partial charge in [-0.05, 0) is 38.1 Å². The zero-order chi connectivity index (χ0) is 18.3. The molecule has 0 radical (unpaired) electrons. The number of H-pyrrole nitrogens is 1. The number of anilines is 1. The first-order valence-corrected chi connectivity index (χ1v) is 8.57. The Kier molecular flexibility index (Phi) is 3.84. The molecule has 0 bridgehead atoms. The van der Waals surface area contributed by atoms with Crippen LogP contribution in [-0.4, -0.2) is 15.5 Å². The fourth-order valence-electron chi connectivity index (χ4n) is 3.33. The van der Waals surface area contributed by atoms with Crippen molar-refractivity contribution in [2.24, 2.45) is 0 Å². The highest BCUT2D eigenvalue weighted by molar-refractivity contribution is 6.14. The van der Waals surface area contributed by atoms with E-state index in [1.807, 2.05) is 48.7 Å². The van der Waals surface area contributed by atoms with Crippen molar-refractivity contribution in [3.05, 3.63) is 76.7 Å². The van der Waals surface area contributed by atoms with E-state index < -0.39 is 0 Å². The van der Waals surface area contributed by atoms with E-state index in [0.29, 0.717) is 17.1 Å². The third-order valence-electron chi connectivity index (χ3n) is 4.56. The van der Waals surface area contributed by atoms with Gasteiger partial charge >= 0.3 is 0 Å². The topological polar surface area (TPSA) is 66.9 Å². The van der Waals surface area contributed by atoms with Crippen LogP contribution in [0.4, 0.5) is 5.69 Å². The van der Waals surface area contributed by atoms with Crippen LogP contribution >= 0.6 is 0 Å². The molecule has 2 aromatic heterocycles. The van der Waals surface area contributed by atoms with Gasteiger partial charge in [-0.25, -0.2) is 0 Å². The summed E-state index contributed by atoms with van der Waals surface area (Å²) < 4.78 is 2.16. The lowest BCUT2D eigenvalue weighted by Gasteiger charge is -2.11. The predicted octanol–water partition coefficient (Wildman–Crippen LogP) is 4.32. The Morgan fingerprint density at radius 3 is 2.65 bits per heavy atom. The molecule has 5 nitrogen and oxygen atoms in total. The average Bonchev–Trinajstić information content (AvgIpc) is 3.06. The molecule has 4 aromatic rings. The maximum Gasteiger partial charge on any atom is 0.256 e. The van der Waals surface area contributed by atoms with Crippen LogP contribution in [0.15, 0.2) is 65.6 Å². The summed E-state index contributed by atoms with van der Waals surface area (Å²) in [6.07, 6.45) is 2.02. The number of fused-ring (bicyclic) bond motifs is 2. The molecule has 130 valence electrons. The number of nitrogens with zero attached hydrogens (tertiary/aromatic N) is 1. The molecule has 0 fully saturated rings. The lowest BCUT2D eigenvalue weighted by atomic mass is 10.1. The van der Waals surface area contributed by atoms with Crippen molar-refractivity contribution >= 4 is 33.4 Å². The van der Waals surface area contributed by atoms with E-state index in [1.54, 1.807) is 6.07 Å². The molecule has 26 heavy (non-hydrogen) atoms. The van der Waals surface area contributed by atoms with E-state index >= 15 is 0 Å². The van der Waals surface area contributed by atoms with E-state index in [1.165, 1.54) is 6.07 Å². The molecule has 0 unspecified atom stereocenters. The van der Waals surface area contributed by atoms with Crippen LogP contribution in [0.25, 0.3) is 21.8 Å². The summed E-state index contributed by atoms with van der Waals surface area (Å²) in [6, 6.07) is 16.8. The summed E-state index contributed by atoms with van der Waals surface area (Å²) in [5, 5.41) is 4.66. The van der Waals surface area contributed by atoms with Gasteiger partial charge in [0, 0.05) is 34.6 Å². The highest BCUT2D eigenvalue weighted by Crippen LogP contribution is 2.27. The van der Waals surface area contributed by atoms with Gasteiger partial charge in [0.05, 0.1) is 16.8 Å². The summed E-state index contributed by atoms with van der Waals surface area (Å²) in [7, 11) is 0. The maximum absolute atomic E-state index is 12.9. The number of hydrogen-bond acceptors (Lipinski definition) is 2. The Labute approximate surface area is 150 Å². The number of benzene rings is 2. The van der Waals surface area contributed by atoms with E-state index in [4.69, 9.17) is 0 Å². The van der Waals surface area contributed by atoms with Crippen LogP contribution in [0.5, 0.6) is 0 Å². The number of aromatic nitrogens is 2. The van der Waals surface area contributed by atoms with Gasteiger partial charge in [-0.2, -0.15) is 0 Å². The van der Waals surface area contributed by atoms with Crippen LogP contribution in [0, 0.1) is 0 Å². The molecule has 0 atom stereocenters. The zero-order valence-electron chi connectivity index (χ0n) is 14.6. The minimum Gasteiger partial charge on any atom is -0.345 e. The van der Waals surface area contributed by atoms with Crippen molar-refractivity contribution < 1.29 is 4.79 Å². The molecule has 0 aliphatic carbocycles. The lowest BCUT2D eigenvalue weighted by Crippen LogP contribution is -2.17. The van der Waals surface area contributed by atoms with E-state index in [-0.39, 0.29) is 11.5 Å². The van der Waals surface area contributed by atoms with Gasteiger partial charge in [-0.1, -0.05) is 24.3 Å². The second-order valence-corrected chi connectivity index (χ2v) is 6.60. The minimum absolute atomic E-state index is 0.294. The third-order valence-corrected chi connectivity index (χ3v) is 4.56. The fraction of sp³-hybridized carbons (Fsp3) is 0.143. The summed E-state index contributed by atoms with van der Waals surface area (Å²) in [6.45, 7) is 4.24. The first-order chi connectivity index (χ1) is 12.5. The number of pyridine rings is 1. The number of carbonyl (C=O) groups is 1. The van der Waals surface area contributed by atoms with Gasteiger partial charge in [0.2, 0.25) is 5.56 Å². The van der Waals surface area contributed by atoms with E-state index in [2.05, 4.69) is 28.7 Å². The Hall–Kier alpha value is -3.34. The molecule has 2 N–H and O–H groups in total. The second-order valence-electron chi connectivity index (χ2n) is 6.60. The van der Waals surface area contributed by atoms with Crippen LogP contribution in [-0.2, 0) is 0 Å². The Morgan fingerprint density at radius 1 is 1.04 bits per heavy atom. The van der Waals surface area contributed by atoms with Gasteiger partial charge in [-0.3, -0.25) is 9.59 Å². The molecule has 0 saturated carbocycles. The van der Waals surface area contributed by atoms with E-state index in [0.717, 1.165) is 22.0 Å². The van der Waals surface area contributed by atoms with Crippen molar-refractivity contribution in [2.75, 3.05) is 5.32 Å². The van der Waals surface area contributed by atoms with Crippen molar-refractivity contribution in [3.8, 4) is 0 Å². The van der Waals surface area contributed by atoms with Gasteiger partial charge in [-0.15, -0.1) is 0 Å². The molecular formula is C21H19N3O2. The minimum atomic E-state index is -0.294. The molecule has 0 spiro atoms. The lowest BCUT2D eigenvalue weighted by molar-refractivity contribution is 0.102. The summed E-state index contributed by atoms with van der Waals surface area (Å²) >= 11 is 0. The molecule has 0 aliphatic heterocycles. The largest absolute Gasteiger partial charge is 0.345 e. The number of amides is 1. The van der Waals surface area contributed by atoms with Crippen LogP contribution in [0.2, 0.25) is 0 Å². The molecule has 1 amide bonds. The standard InChI is InChI=1S/C21H19N3O2/c1-13(2)24-11-10-15-18(8-5-9-19(15)24)23-21(26)16-12-20(25)22-17-7-4-3-6-14(16)17/h3-13H,1-2H3,(H,22,25)(H,23,26). The smallest absolute Gasteiger partial charge is 0.256 e. The van der Waals surface area contributed by atoms with Gasteiger partial charge in [0.25, 0.3) is 5.91 Å². The number of carbonyl (C=O) groups excluding carboxylic acids is 1. The second kappa shape index (κ2) is 6.19. The first kappa shape index (κ1) is 16.1. The van der Waals surface area contributed by atoms with E-state index in [9.17, 15) is 9.59 Å². The zero-order valence-corrected chi connectivity index (χ0v) is 14.6. The fourth-order valence-corrected chi connectivity index (χ4v) is 3.33. The third kappa shape index (κ3) is 2.67. The van der Waals surface area contributed by atoms with Crippen molar-refractivity contribution in [2.45, 2.75) is 19.9 Å². The number of hydrogen-bond donors (Lipinski definition) is 2.